The number of thiophene rings is 1. The summed E-state index contributed by atoms with van der Waals surface area (Å²) in [6, 6.07) is 10.3. The summed E-state index contributed by atoms with van der Waals surface area (Å²) in [4.78, 5) is 36.0. The van der Waals surface area contributed by atoms with Crippen LogP contribution in [0.25, 0.3) is 11.0 Å². The Morgan fingerprint density at radius 1 is 1.33 bits per heavy atom. The fraction of sp³-hybridized carbons (Fsp3) is 0.222. The van der Waals surface area contributed by atoms with Crippen molar-refractivity contribution in [2.45, 2.75) is 0 Å². The maximum Gasteiger partial charge on any atom is 0.266 e. The van der Waals surface area contributed by atoms with Crippen molar-refractivity contribution < 1.29 is 37.5 Å². The van der Waals surface area contributed by atoms with Gasteiger partial charge < -0.3 is 14.8 Å². The van der Waals surface area contributed by atoms with E-state index < -0.39 is 5.56 Å². The summed E-state index contributed by atoms with van der Waals surface area (Å²) in [6.07, 6.45) is 1.48. The number of amides is 1. The second-order valence-electron chi connectivity index (χ2n) is 5.88. The third-order valence-corrected chi connectivity index (χ3v) is 5.29. The summed E-state index contributed by atoms with van der Waals surface area (Å²) in [6.45, 7) is 2.14. The van der Waals surface area contributed by atoms with Crippen LogP contribution in [0.5, 0.6) is 0 Å². The Labute approximate surface area is 184 Å². The number of H-pyrrole nitrogens is 1. The molecule has 3 aromatic rings. The summed E-state index contributed by atoms with van der Waals surface area (Å²) in [7, 11) is 0. The van der Waals surface area contributed by atoms with E-state index >= 15 is 0 Å². The molecule has 1 saturated heterocycles. The Balaban J connectivity index is 0.00000210. The van der Waals surface area contributed by atoms with Crippen molar-refractivity contribution in [2.75, 3.05) is 31.1 Å². The van der Waals surface area contributed by atoms with Gasteiger partial charge in [0.2, 0.25) is 0 Å². The average Bonchev–Trinajstić information content (AvgIpc) is 3.21. The van der Waals surface area contributed by atoms with Crippen LogP contribution in [-0.2, 0) is 32.7 Å². The summed E-state index contributed by atoms with van der Waals surface area (Å²) in [5, 5.41) is 12.0. The van der Waals surface area contributed by atoms with E-state index in [2.05, 4.69) is 16.0 Å². The monoisotopic (exact) mass is 453 g/mol. The molecule has 4 rings (SSSR count). The molecule has 27 heavy (non-hydrogen) atoms. The summed E-state index contributed by atoms with van der Waals surface area (Å²) in [5.74, 6) is 0.0194. The first-order valence-corrected chi connectivity index (χ1v) is 8.97. The molecular weight excluding hydrogens is 439 g/mol. The van der Waals surface area contributed by atoms with E-state index in [0.29, 0.717) is 42.9 Å². The number of carbonyl (C=O) groups excluding carboxylic acids is 1. The van der Waals surface area contributed by atoms with Crippen molar-refractivity contribution >= 4 is 34.0 Å². The Morgan fingerprint density at radius 2 is 2.11 bits per heavy atom. The standard InChI is InChI=1S/C18H14N5O2S.Y/c19-11-13-15(12-3-1-5-20-16(12)21-17(13)24)22-6-8-23(9-7-22)18(25)14-4-2-10-26-14;/h2-5,10H,6-9H2,(H,20,21,24);/q-1;. The number of rotatable bonds is 2. The van der Waals surface area contributed by atoms with Gasteiger partial charge in [-0.3, -0.25) is 14.6 Å². The number of aromatic amines is 1. The molecule has 1 amide bonds. The predicted molar refractivity (Wildman–Crippen MR) is 98.4 cm³/mol. The van der Waals surface area contributed by atoms with Gasteiger partial charge in [0.05, 0.1) is 10.5 Å². The Morgan fingerprint density at radius 3 is 2.78 bits per heavy atom. The quantitative estimate of drug-likeness (QED) is 0.596. The minimum Gasteiger partial charge on any atom is -0.381 e. The van der Waals surface area contributed by atoms with Crippen LogP contribution in [0.15, 0.2) is 34.6 Å². The fourth-order valence-electron chi connectivity index (χ4n) is 3.17. The average molecular weight is 453 g/mol. The number of piperazine rings is 1. The van der Waals surface area contributed by atoms with Crippen molar-refractivity contribution in [3.05, 3.63) is 56.6 Å². The SMILES string of the molecule is N#Cc1c(N2CCN(C(=O)c3cccs3)CC2)c2c[c-]cnc2[nH]c1=O.[Y]. The van der Waals surface area contributed by atoms with Crippen molar-refractivity contribution in [2.24, 2.45) is 0 Å². The maximum atomic E-state index is 12.5. The van der Waals surface area contributed by atoms with E-state index in [-0.39, 0.29) is 44.2 Å². The molecule has 9 heteroatoms. The normalized spacial score (nSPS) is 13.9. The first-order valence-electron chi connectivity index (χ1n) is 8.09. The van der Waals surface area contributed by atoms with Gasteiger partial charge in [-0.15, -0.1) is 16.7 Å². The molecule has 1 N–H and O–H groups in total. The van der Waals surface area contributed by atoms with Gasteiger partial charge in [0.25, 0.3) is 11.5 Å². The molecule has 0 aromatic carbocycles. The number of aromatic nitrogens is 2. The zero-order chi connectivity index (χ0) is 18.1. The molecule has 0 aliphatic carbocycles. The molecule has 0 atom stereocenters. The number of nitrogens with zero attached hydrogens (tertiary/aromatic N) is 4. The summed E-state index contributed by atoms with van der Waals surface area (Å²) < 4.78 is 0. The zero-order valence-electron chi connectivity index (χ0n) is 14.3. The van der Waals surface area contributed by atoms with Crippen LogP contribution in [0.1, 0.15) is 15.2 Å². The third-order valence-electron chi connectivity index (χ3n) is 4.43. The van der Waals surface area contributed by atoms with E-state index in [1.54, 1.807) is 11.0 Å². The van der Waals surface area contributed by atoms with Crippen LogP contribution in [0.4, 0.5) is 5.69 Å². The van der Waals surface area contributed by atoms with Gasteiger partial charge >= 0.3 is 0 Å². The molecule has 4 heterocycles. The van der Waals surface area contributed by atoms with Gasteiger partial charge in [-0.25, -0.2) is 12.1 Å². The van der Waals surface area contributed by atoms with Crippen molar-refractivity contribution in [1.82, 2.24) is 14.9 Å². The van der Waals surface area contributed by atoms with Gasteiger partial charge in [0, 0.05) is 58.9 Å². The van der Waals surface area contributed by atoms with E-state index in [1.807, 2.05) is 28.5 Å². The Kier molecular flexibility index (Phi) is 6.05. The van der Waals surface area contributed by atoms with Gasteiger partial charge in [0.1, 0.15) is 11.6 Å². The molecule has 7 nitrogen and oxygen atoms in total. The molecule has 0 unspecified atom stereocenters. The zero-order valence-corrected chi connectivity index (χ0v) is 18.0. The van der Waals surface area contributed by atoms with E-state index in [4.69, 9.17) is 0 Å². The number of fused-ring (bicyclic) bond motifs is 1. The van der Waals surface area contributed by atoms with Crippen LogP contribution in [0.2, 0.25) is 0 Å². The summed E-state index contributed by atoms with van der Waals surface area (Å²) >= 11 is 1.43. The number of nitrogens with one attached hydrogen (secondary N) is 1. The minimum absolute atomic E-state index is 0. The number of carbonyl (C=O) groups is 1. The van der Waals surface area contributed by atoms with E-state index in [0.717, 1.165) is 4.88 Å². The molecule has 3 aromatic heterocycles. The van der Waals surface area contributed by atoms with Crippen LogP contribution in [0.3, 0.4) is 0 Å². The number of hydrogen-bond acceptors (Lipinski definition) is 6. The number of pyridine rings is 2. The van der Waals surface area contributed by atoms with Crippen molar-refractivity contribution in [3.8, 4) is 6.07 Å². The maximum absolute atomic E-state index is 12.5. The van der Waals surface area contributed by atoms with E-state index in [1.165, 1.54) is 17.5 Å². The van der Waals surface area contributed by atoms with Gasteiger partial charge in [-0.05, 0) is 17.1 Å². The number of nitriles is 1. The molecule has 0 bridgehead atoms. The van der Waals surface area contributed by atoms with Gasteiger partial charge in [0.15, 0.2) is 0 Å². The van der Waals surface area contributed by atoms with Crippen LogP contribution < -0.4 is 10.5 Å². The van der Waals surface area contributed by atoms with Crippen molar-refractivity contribution in [3.63, 3.8) is 0 Å². The fourth-order valence-corrected chi connectivity index (χ4v) is 3.86. The number of anilines is 1. The minimum atomic E-state index is -0.453. The first-order chi connectivity index (χ1) is 12.7. The van der Waals surface area contributed by atoms with Gasteiger partial charge in [-0.1, -0.05) is 12.3 Å². The Bertz CT molecular complexity index is 1070. The third kappa shape index (κ3) is 3.68. The molecule has 1 fully saturated rings. The molecule has 133 valence electrons. The molecule has 1 radical (unpaired) electrons. The van der Waals surface area contributed by atoms with Crippen LogP contribution in [-0.4, -0.2) is 47.0 Å². The largest absolute Gasteiger partial charge is 0.381 e. The molecule has 1 aliphatic rings. The second-order valence-corrected chi connectivity index (χ2v) is 6.83. The molecular formula is C18H14N5O2SY-. The van der Waals surface area contributed by atoms with E-state index in [9.17, 15) is 14.9 Å². The first kappa shape index (κ1) is 19.7. The van der Waals surface area contributed by atoms with Crippen LogP contribution in [0, 0.1) is 17.4 Å². The predicted octanol–water partition coefficient (Wildman–Crippen LogP) is 1.62. The van der Waals surface area contributed by atoms with Crippen LogP contribution >= 0.6 is 11.3 Å². The van der Waals surface area contributed by atoms with Gasteiger partial charge in [-0.2, -0.15) is 5.26 Å². The molecule has 0 saturated carbocycles. The molecule has 1 aliphatic heterocycles. The molecule has 0 spiro atoms. The smallest absolute Gasteiger partial charge is 0.266 e. The topological polar surface area (TPSA) is 93.1 Å². The number of hydrogen-bond donors (Lipinski definition) is 1. The summed E-state index contributed by atoms with van der Waals surface area (Å²) in [5.41, 5.74) is 0.612. The Hall–Kier alpha value is -2.08. The second kappa shape index (κ2) is 8.30. The van der Waals surface area contributed by atoms with Crippen molar-refractivity contribution in [1.29, 1.82) is 5.26 Å².